The van der Waals surface area contributed by atoms with Gasteiger partial charge in [0.2, 0.25) is 0 Å². The molecule has 5 rings (SSSR count). The number of aliphatic hydroxyl groups is 1. The van der Waals surface area contributed by atoms with Crippen molar-refractivity contribution in [2.24, 2.45) is 50.2 Å². The molecule has 9 atom stereocenters. The monoisotopic (exact) mass is 440 g/mol. The summed E-state index contributed by atoms with van der Waals surface area (Å²) in [6.07, 6.45) is 11.3. The van der Waals surface area contributed by atoms with E-state index in [9.17, 15) is 9.90 Å². The molecule has 0 aromatic heterocycles. The van der Waals surface area contributed by atoms with Crippen molar-refractivity contribution in [2.75, 3.05) is 0 Å². The number of hydrogen-bond donors (Lipinski definition) is 1. The maximum absolute atomic E-state index is 12.6. The fraction of sp³-hybridized carbons (Fsp3) is 0.900. The van der Waals surface area contributed by atoms with Gasteiger partial charge in [-0.15, -0.1) is 0 Å². The normalized spacial score (nSPS) is 57.1. The first-order valence-electron chi connectivity index (χ1n) is 13.5. The summed E-state index contributed by atoms with van der Waals surface area (Å²) in [5.41, 5.74) is 2.20. The molecule has 0 spiro atoms. The lowest BCUT2D eigenvalue weighted by Crippen LogP contribution is -2.68. The Bertz CT molecular complexity index is 857. The fourth-order valence-electron chi connectivity index (χ4n) is 10.9. The Kier molecular flexibility index (Phi) is 4.71. The molecule has 5 saturated carbocycles. The maximum Gasteiger partial charge on any atom is 0.158 e. The zero-order valence-corrected chi connectivity index (χ0v) is 21.9. The summed E-state index contributed by atoms with van der Waals surface area (Å²) < 4.78 is 0. The summed E-state index contributed by atoms with van der Waals surface area (Å²) in [6.45, 7) is 21.7. The number of aliphatic hydroxyl groups excluding tert-OH is 1. The first-order chi connectivity index (χ1) is 14.6. The van der Waals surface area contributed by atoms with E-state index in [1.54, 1.807) is 0 Å². The van der Waals surface area contributed by atoms with Crippen LogP contribution in [-0.4, -0.2) is 17.0 Å². The third-order valence-corrected chi connectivity index (χ3v) is 13.4. The van der Waals surface area contributed by atoms with Crippen LogP contribution in [0.5, 0.6) is 0 Å². The highest BCUT2D eigenvalue weighted by Crippen LogP contribution is 2.78. The molecular formula is C30H48O2. The smallest absolute Gasteiger partial charge is 0.158 e. The van der Waals surface area contributed by atoms with Crippen molar-refractivity contribution >= 4 is 5.78 Å². The number of Topliss-reactive ketones (excluding diaryl/α,β-unsaturated/α-hetero) is 1. The van der Waals surface area contributed by atoms with Gasteiger partial charge in [-0.25, -0.2) is 0 Å². The molecule has 2 heteroatoms. The second-order valence-corrected chi connectivity index (χ2v) is 15.0. The molecule has 32 heavy (non-hydrogen) atoms. The van der Waals surface area contributed by atoms with Gasteiger partial charge in [0.25, 0.3) is 0 Å². The van der Waals surface area contributed by atoms with Gasteiger partial charge >= 0.3 is 0 Å². The molecule has 5 fully saturated rings. The van der Waals surface area contributed by atoms with E-state index in [4.69, 9.17) is 0 Å². The molecule has 0 aromatic rings. The zero-order chi connectivity index (χ0) is 23.5. The van der Waals surface area contributed by atoms with Crippen molar-refractivity contribution in [1.29, 1.82) is 0 Å². The summed E-state index contributed by atoms with van der Waals surface area (Å²) in [7, 11) is 0. The summed E-state index contributed by atoms with van der Waals surface area (Å²) in [5, 5.41) is 11.0. The molecule has 5 aliphatic rings. The van der Waals surface area contributed by atoms with Gasteiger partial charge in [-0.2, -0.15) is 0 Å². The Morgan fingerprint density at radius 1 is 0.781 bits per heavy atom. The number of fused-ring (bicyclic) bond motifs is 7. The maximum atomic E-state index is 12.6. The van der Waals surface area contributed by atoms with Crippen LogP contribution in [0, 0.1) is 50.2 Å². The average molecular weight is 441 g/mol. The van der Waals surface area contributed by atoms with Crippen LogP contribution < -0.4 is 0 Å². The highest BCUT2D eigenvalue weighted by Gasteiger charge is 2.71. The van der Waals surface area contributed by atoms with Crippen LogP contribution in [0.4, 0.5) is 0 Å². The van der Waals surface area contributed by atoms with Crippen LogP contribution in [0.3, 0.4) is 0 Å². The number of hydrogen-bond acceptors (Lipinski definition) is 2. The van der Waals surface area contributed by atoms with Crippen LogP contribution >= 0.6 is 0 Å². The Labute approximate surface area is 197 Å². The minimum absolute atomic E-state index is 0.00477. The first kappa shape index (κ1) is 23.1. The summed E-state index contributed by atoms with van der Waals surface area (Å²) in [5.74, 6) is 2.34. The van der Waals surface area contributed by atoms with Crippen molar-refractivity contribution in [1.82, 2.24) is 0 Å². The fourth-order valence-corrected chi connectivity index (χ4v) is 10.9. The summed E-state index contributed by atoms with van der Waals surface area (Å²) >= 11 is 0. The molecule has 0 radical (unpaired) electrons. The molecular weight excluding hydrogens is 392 g/mol. The first-order valence-corrected chi connectivity index (χ1v) is 13.5. The molecule has 0 aliphatic heterocycles. The average Bonchev–Trinajstić information content (AvgIpc) is 2.70. The number of allylic oxidation sites excluding steroid dienone is 1. The van der Waals surface area contributed by atoms with Gasteiger partial charge in [0, 0.05) is 6.42 Å². The molecule has 0 unspecified atom stereocenters. The summed E-state index contributed by atoms with van der Waals surface area (Å²) in [4.78, 5) is 12.6. The Morgan fingerprint density at radius 2 is 1.41 bits per heavy atom. The molecule has 0 bridgehead atoms. The van der Waals surface area contributed by atoms with E-state index < -0.39 is 0 Å². The number of rotatable bonds is 0. The van der Waals surface area contributed by atoms with Gasteiger partial charge in [0.05, 0.1) is 6.10 Å². The minimum atomic E-state index is -0.174. The van der Waals surface area contributed by atoms with E-state index in [2.05, 4.69) is 55.0 Å². The molecule has 0 amide bonds. The van der Waals surface area contributed by atoms with E-state index >= 15 is 0 Å². The van der Waals surface area contributed by atoms with Gasteiger partial charge < -0.3 is 5.11 Å². The lowest BCUT2D eigenvalue weighted by atomic mass is 9.30. The predicted molar refractivity (Wildman–Crippen MR) is 131 cm³/mol. The quantitative estimate of drug-likeness (QED) is 0.400. The minimum Gasteiger partial charge on any atom is -0.393 e. The molecule has 1 N–H and O–H groups in total. The molecule has 0 aromatic carbocycles. The van der Waals surface area contributed by atoms with Gasteiger partial charge in [0.1, 0.15) is 0 Å². The molecule has 5 aliphatic carbocycles. The van der Waals surface area contributed by atoms with E-state index in [0.717, 1.165) is 37.2 Å². The highest BCUT2D eigenvalue weighted by atomic mass is 16.3. The van der Waals surface area contributed by atoms with Crippen molar-refractivity contribution in [3.63, 3.8) is 0 Å². The SMILES string of the molecule is C=C1C(=O)CC[C@H]2[C@]3(C)CC[C@@]4(C)[C@@H]5CC(C)(C)[C@H](O)C[C@]5(C)CC[C@]4(C)[C@H]3CC[C@]12C. The van der Waals surface area contributed by atoms with Crippen LogP contribution in [-0.2, 0) is 4.79 Å². The van der Waals surface area contributed by atoms with Crippen molar-refractivity contribution < 1.29 is 9.90 Å². The number of carbonyl (C=O) groups excluding carboxylic acids is 1. The van der Waals surface area contributed by atoms with E-state index in [1.807, 2.05) is 0 Å². The lowest BCUT2D eigenvalue weighted by molar-refractivity contribution is -0.258. The highest BCUT2D eigenvalue weighted by molar-refractivity contribution is 5.97. The second-order valence-electron chi connectivity index (χ2n) is 15.0. The number of carbonyl (C=O) groups is 1. The van der Waals surface area contributed by atoms with Crippen LogP contribution in [0.15, 0.2) is 12.2 Å². The predicted octanol–water partition coefficient (Wildman–Crippen LogP) is 7.35. The van der Waals surface area contributed by atoms with Crippen LogP contribution in [0.2, 0.25) is 0 Å². The van der Waals surface area contributed by atoms with Crippen molar-refractivity contribution in [3.8, 4) is 0 Å². The lowest BCUT2D eigenvalue weighted by Gasteiger charge is -2.74. The topological polar surface area (TPSA) is 37.3 Å². The Hall–Kier alpha value is -0.630. The largest absolute Gasteiger partial charge is 0.393 e. The molecule has 0 heterocycles. The van der Waals surface area contributed by atoms with Crippen molar-refractivity contribution in [3.05, 3.63) is 12.2 Å². The Morgan fingerprint density at radius 3 is 2.09 bits per heavy atom. The zero-order valence-electron chi connectivity index (χ0n) is 21.9. The van der Waals surface area contributed by atoms with E-state index in [1.165, 1.54) is 32.1 Å². The third-order valence-electron chi connectivity index (χ3n) is 13.4. The summed E-state index contributed by atoms with van der Waals surface area (Å²) in [6, 6.07) is 0. The van der Waals surface area contributed by atoms with Gasteiger partial charge in [-0.05, 0) is 114 Å². The van der Waals surface area contributed by atoms with E-state index in [-0.39, 0.29) is 22.3 Å². The van der Waals surface area contributed by atoms with Gasteiger partial charge in [-0.3, -0.25) is 4.79 Å². The van der Waals surface area contributed by atoms with Crippen LogP contribution in [0.25, 0.3) is 0 Å². The third kappa shape index (κ3) is 2.60. The second kappa shape index (κ2) is 6.52. The number of ketones is 1. The Balaban J connectivity index is 1.55. The standard InChI is InChI=1S/C30H48O2/c1-19-20(31)9-10-21-27(19,5)12-11-22-28(21,6)14-16-30(8)23-17-25(2,3)24(32)18-26(23,4)13-15-29(22,30)7/h21-24,32H,1,9-18H2,2-8H3/t21-,22+,23-,24-,26+,27-,28+,29-,30+/m1/s1. The van der Waals surface area contributed by atoms with Gasteiger partial charge in [-0.1, -0.05) is 55.0 Å². The van der Waals surface area contributed by atoms with E-state index in [0.29, 0.717) is 40.3 Å². The van der Waals surface area contributed by atoms with Crippen LogP contribution in [0.1, 0.15) is 113 Å². The molecule has 180 valence electrons. The molecule has 0 saturated heterocycles. The molecule has 2 nitrogen and oxygen atoms in total. The van der Waals surface area contributed by atoms with Gasteiger partial charge in [0.15, 0.2) is 5.78 Å². The van der Waals surface area contributed by atoms with Crippen molar-refractivity contribution in [2.45, 2.75) is 119 Å².